The molecule has 1 fully saturated rings. The fourth-order valence-corrected chi connectivity index (χ4v) is 5.30. The summed E-state index contributed by atoms with van der Waals surface area (Å²) in [4.78, 5) is 17.1. The van der Waals surface area contributed by atoms with E-state index < -0.39 is 16.1 Å². The molecule has 6 nitrogen and oxygen atoms in total. The first-order valence-corrected chi connectivity index (χ1v) is 10.6. The number of hydrogen-bond acceptors (Lipinski definition) is 5. The van der Waals surface area contributed by atoms with Crippen LogP contribution in [0.4, 0.5) is 0 Å². The van der Waals surface area contributed by atoms with Crippen molar-refractivity contribution in [3.05, 3.63) is 46.4 Å². The smallest absolute Gasteiger partial charge is 0.243 e. The number of rotatable bonds is 6. The third-order valence-corrected chi connectivity index (χ3v) is 6.95. The van der Waals surface area contributed by atoms with Crippen LogP contribution in [0.2, 0.25) is 0 Å². The van der Waals surface area contributed by atoms with Crippen LogP contribution in [0.1, 0.15) is 23.5 Å². The van der Waals surface area contributed by atoms with Gasteiger partial charge in [0.05, 0.1) is 15.6 Å². The molecule has 1 aromatic carbocycles. The van der Waals surface area contributed by atoms with Crippen molar-refractivity contribution in [3.8, 4) is 0 Å². The van der Waals surface area contributed by atoms with Gasteiger partial charge >= 0.3 is 0 Å². The van der Waals surface area contributed by atoms with Gasteiger partial charge in [-0.15, -0.1) is 11.3 Å². The van der Waals surface area contributed by atoms with Gasteiger partial charge in [0.1, 0.15) is 6.04 Å². The number of thiazole rings is 1. The second-order valence-corrected chi connectivity index (χ2v) is 8.94. The monoisotopic (exact) mass is 379 g/mol. The Balaban J connectivity index is 1.63. The van der Waals surface area contributed by atoms with Gasteiger partial charge in [0.15, 0.2) is 0 Å². The molecule has 0 saturated carbocycles. The summed E-state index contributed by atoms with van der Waals surface area (Å²) < 4.78 is 26.9. The van der Waals surface area contributed by atoms with E-state index >= 15 is 0 Å². The largest absolute Gasteiger partial charge is 0.354 e. The Kier molecular flexibility index (Phi) is 5.51. The predicted molar refractivity (Wildman–Crippen MR) is 96.9 cm³/mol. The normalized spacial score (nSPS) is 18.4. The van der Waals surface area contributed by atoms with E-state index in [-0.39, 0.29) is 10.8 Å². The summed E-state index contributed by atoms with van der Waals surface area (Å²) in [5, 5.41) is 5.83. The number of nitrogens with one attached hydrogen (secondary N) is 1. The number of sulfonamides is 1. The molecule has 25 heavy (non-hydrogen) atoms. The summed E-state index contributed by atoms with van der Waals surface area (Å²) in [6.45, 7) is 2.77. The number of nitrogens with zero attached hydrogens (tertiary/aromatic N) is 2. The molecule has 2 aromatic rings. The maximum Gasteiger partial charge on any atom is 0.243 e. The highest BCUT2D eigenvalue weighted by molar-refractivity contribution is 7.89. The van der Waals surface area contributed by atoms with Gasteiger partial charge < -0.3 is 5.32 Å². The molecule has 8 heteroatoms. The van der Waals surface area contributed by atoms with E-state index in [1.807, 2.05) is 12.3 Å². The highest BCUT2D eigenvalue weighted by Gasteiger charge is 2.39. The van der Waals surface area contributed by atoms with Crippen LogP contribution in [-0.2, 0) is 21.2 Å². The summed E-state index contributed by atoms with van der Waals surface area (Å²) in [5.41, 5.74) is 0.947. The fraction of sp³-hybridized carbons (Fsp3) is 0.412. The first-order valence-electron chi connectivity index (χ1n) is 8.24. The van der Waals surface area contributed by atoms with Crippen LogP contribution in [0.5, 0.6) is 0 Å². The second kappa shape index (κ2) is 7.63. The minimum atomic E-state index is -3.64. The van der Waals surface area contributed by atoms with Crippen LogP contribution in [-0.4, -0.2) is 42.7 Å². The molecule has 1 aliphatic rings. The molecule has 1 atom stereocenters. The molecule has 1 aliphatic heterocycles. The summed E-state index contributed by atoms with van der Waals surface area (Å²) in [5.74, 6) is -0.232. The Morgan fingerprint density at radius 1 is 1.36 bits per heavy atom. The van der Waals surface area contributed by atoms with Gasteiger partial charge in [-0.05, 0) is 31.9 Å². The fourth-order valence-electron chi connectivity index (χ4n) is 2.97. The average molecular weight is 380 g/mol. The summed E-state index contributed by atoms with van der Waals surface area (Å²) in [6.07, 6.45) is 1.89. The lowest BCUT2D eigenvalue weighted by Gasteiger charge is -2.23. The molecular formula is C17H21N3O3S2. The third-order valence-electron chi connectivity index (χ3n) is 4.20. The number of aryl methyl sites for hydroxylation is 1. The number of carbonyl (C=O) groups excluding carboxylic acids is 1. The van der Waals surface area contributed by atoms with Gasteiger partial charge in [0, 0.05) is 24.9 Å². The summed E-state index contributed by atoms with van der Waals surface area (Å²) >= 11 is 1.58. The molecule has 1 unspecified atom stereocenters. The molecule has 1 aromatic heterocycles. The van der Waals surface area contributed by atoms with Crippen LogP contribution in [0.15, 0.2) is 40.6 Å². The first-order chi connectivity index (χ1) is 12.0. The summed E-state index contributed by atoms with van der Waals surface area (Å²) in [6, 6.07) is 7.64. The zero-order chi connectivity index (χ0) is 17.9. The van der Waals surface area contributed by atoms with Gasteiger partial charge in [0.25, 0.3) is 0 Å². The standard InChI is InChI=1S/C17H21N3O3S2/c1-13-19-14(12-24-13)9-10-18-17(21)16-8-5-11-20(16)25(22,23)15-6-3-2-4-7-15/h2-4,6-7,12,16H,5,8-11H2,1H3,(H,18,21). The average Bonchev–Trinajstić information content (AvgIpc) is 3.25. The van der Waals surface area contributed by atoms with Crippen LogP contribution < -0.4 is 5.32 Å². The van der Waals surface area contributed by atoms with E-state index in [1.54, 1.807) is 41.7 Å². The quantitative estimate of drug-likeness (QED) is 0.832. The Labute approximate surface area is 151 Å². The van der Waals surface area contributed by atoms with Gasteiger partial charge in [0.2, 0.25) is 15.9 Å². The van der Waals surface area contributed by atoms with Gasteiger partial charge in [-0.2, -0.15) is 4.31 Å². The van der Waals surface area contributed by atoms with Gasteiger partial charge in [-0.1, -0.05) is 18.2 Å². The van der Waals surface area contributed by atoms with Crippen molar-refractivity contribution < 1.29 is 13.2 Å². The highest BCUT2D eigenvalue weighted by atomic mass is 32.2. The van der Waals surface area contributed by atoms with E-state index in [0.29, 0.717) is 32.4 Å². The van der Waals surface area contributed by atoms with E-state index in [0.717, 1.165) is 10.7 Å². The van der Waals surface area contributed by atoms with Gasteiger partial charge in [-0.25, -0.2) is 13.4 Å². The zero-order valence-corrected chi connectivity index (χ0v) is 15.6. The Morgan fingerprint density at radius 2 is 2.12 bits per heavy atom. The number of benzene rings is 1. The Morgan fingerprint density at radius 3 is 2.80 bits per heavy atom. The van der Waals surface area contributed by atoms with Crippen molar-refractivity contribution in [3.63, 3.8) is 0 Å². The van der Waals surface area contributed by atoms with E-state index in [2.05, 4.69) is 10.3 Å². The zero-order valence-electron chi connectivity index (χ0n) is 14.0. The topological polar surface area (TPSA) is 79.4 Å². The van der Waals surface area contributed by atoms with Gasteiger partial charge in [-0.3, -0.25) is 4.79 Å². The van der Waals surface area contributed by atoms with Crippen molar-refractivity contribution in [1.82, 2.24) is 14.6 Å². The molecule has 0 aliphatic carbocycles. The predicted octanol–water partition coefficient (Wildman–Crippen LogP) is 1.96. The van der Waals surface area contributed by atoms with Crippen molar-refractivity contribution in [1.29, 1.82) is 0 Å². The van der Waals surface area contributed by atoms with Crippen LogP contribution >= 0.6 is 11.3 Å². The first kappa shape index (κ1) is 18.0. The van der Waals surface area contributed by atoms with Crippen molar-refractivity contribution in [2.24, 2.45) is 0 Å². The molecule has 0 radical (unpaired) electrons. The summed E-state index contributed by atoms with van der Waals surface area (Å²) in [7, 11) is -3.64. The lowest BCUT2D eigenvalue weighted by molar-refractivity contribution is -0.124. The van der Waals surface area contributed by atoms with Crippen LogP contribution in [0.3, 0.4) is 0 Å². The third kappa shape index (κ3) is 4.08. The minimum absolute atomic E-state index is 0.229. The van der Waals surface area contributed by atoms with Crippen molar-refractivity contribution in [2.75, 3.05) is 13.1 Å². The molecule has 1 amide bonds. The molecule has 1 saturated heterocycles. The highest BCUT2D eigenvalue weighted by Crippen LogP contribution is 2.26. The molecule has 134 valence electrons. The number of carbonyl (C=O) groups is 1. The lowest BCUT2D eigenvalue weighted by Crippen LogP contribution is -2.46. The molecule has 0 spiro atoms. The van der Waals surface area contributed by atoms with E-state index in [1.165, 1.54) is 4.31 Å². The lowest BCUT2D eigenvalue weighted by atomic mass is 10.2. The minimum Gasteiger partial charge on any atom is -0.354 e. The SMILES string of the molecule is Cc1nc(CCNC(=O)C2CCCN2S(=O)(=O)c2ccccc2)cs1. The molecule has 3 rings (SSSR count). The maximum atomic E-state index is 12.8. The van der Waals surface area contributed by atoms with Crippen molar-refractivity contribution >= 4 is 27.3 Å². The Bertz CT molecular complexity index is 834. The second-order valence-electron chi connectivity index (χ2n) is 5.99. The number of hydrogen-bond donors (Lipinski definition) is 1. The molecule has 2 heterocycles. The Hall–Kier alpha value is -1.77. The number of amides is 1. The van der Waals surface area contributed by atoms with Crippen molar-refractivity contribution in [2.45, 2.75) is 37.1 Å². The van der Waals surface area contributed by atoms with E-state index in [4.69, 9.17) is 0 Å². The molecule has 1 N–H and O–H groups in total. The maximum absolute atomic E-state index is 12.8. The van der Waals surface area contributed by atoms with Crippen LogP contribution in [0.25, 0.3) is 0 Å². The number of aromatic nitrogens is 1. The molecule has 0 bridgehead atoms. The van der Waals surface area contributed by atoms with Crippen LogP contribution in [0, 0.1) is 6.92 Å². The molecular weight excluding hydrogens is 358 g/mol. The van der Waals surface area contributed by atoms with E-state index in [9.17, 15) is 13.2 Å².